The van der Waals surface area contributed by atoms with Gasteiger partial charge in [0, 0.05) is 62.0 Å². The second kappa shape index (κ2) is 8.14. The van der Waals surface area contributed by atoms with Gasteiger partial charge in [0.2, 0.25) is 5.65 Å². The maximum Gasteiger partial charge on any atom is 0.203 e. The quantitative estimate of drug-likeness (QED) is 0.448. The van der Waals surface area contributed by atoms with Gasteiger partial charge in [-0.25, -0.2) is 9.97 Å². The van der Waals surface area contributed by atoms with Crippen LogP contribution in [-0.4, -0.2) is 62.8 Å². The fourth-order valence-electron chi connectivity index (χ4n) is 4.27. The standard InChI is InChI=1S/C23H25N7OS/c1-31-19-6-4-17(5-7-19)23-25-18(15-32-23)14-28-10-12-29(13-11-28)21-22-27-26-20(16-2-3-16)30(22)9-8-24-21/h4-9,15-16H,2-3,10-14H2,1H3. The number of thiazole rings is 1. The van der Waals surface area contributed by atoms with Crippen LogP contribution in [0.3, 0.4) is 0 Å². The van der Waals surface area contributed by atoms with E-state index < -0.39 is 0 Å². The second-order valence-corrected chi connectivity index (χ2v) is 9.27. The first kappa shape index (κ1) is 19.6. The van der Waals surface area contributed by atoms with E-state index in [1.165, 1.54) is 12.8 Å². The first-order chi connectivity index (χ1) is 15.8. The number of hydrogen-bond acceptors (Lipinski definition) is 8. The van der Waals surface area contributed by atoms with Crippen LogP contribution in [0.15, 0.2) is 42.0 Å². The van der Waals surface area contributed by atoms with Crippen molar-refractivity contribution in [1.29, 1.82) is 0 Å². The number of fused-ring (bicyclic) bond motifs is 1. The van der Waals surface area contributed by atoms with Crippen molar-refractivity contribution in [3.05, 3.63) is 53.6 Å². The Balaban J connectivity index is 1.11. The summed E-state index contributed by atoms with van der Waals surface area (Å²) in [5.41, 5.74) is 3.14. The summed E-state index contributed by atoms with van der Waals surface area (Å²) in [5, 5.41) is 12.1. The van der Waals surface area contributed by atoms with Crippen molar-refractivity contribution in [2.75, 3.05) is 38.2 Å². The Morgan fingerprint density at radius 1 is 1.06 bits per heavy atom. The van der Waals surface area contributed by atoms with Gasteiger partial charge >= 0.3 is 0 Å². The van der Waals surface area contributed by atoms with E-state index in [0.29, 0.717) is 5.92 Å². The zero-order valence-electron chi connectivity index (χ0n) is 18.0. The summed E-state index contributed by atoms with van der Waals surface area (Å²) >= 11 is 1.70. The molecule has 1 aliphatic carbocycles. The van der Waals surface area contributed by atoms with Gasteiger partial charge in [-0.1, -0.05) is 0 Å². The van der Waals surface area contributed by atoms with Gasteiger partial charge < -0.3 is 9.64 Å². The number of hydrogen-bond donors (Lipinski definition) is 0. The summed E-state index contributed by atoms with van der Waals surface area (Å²) in [7, 11) is 1.68. The summed E-state index contributed by atoms with van der Waals surface area (Å²) < 4.78 is 7.38. The summed E-state index contributed by atoms with van der Waals surface area (Å²) in [6, 6.07) is 8.08. The molecule has 0 N–H and O–H groups in total. The highest BCUT2D eigenvalue weighted by Gasteiger charge is 2.30. The van der Waals surface area contributed by atoms with Gasteiger partial charge in [0.15, 0.2) is 5.82 Å². The van der Waals surface area contributed by atoms with Crippen LogP contribution in [0.2, 0.25) is 0 Å². The van der Waals surface area contributed by atoms with E-state index in [0.717, 1.165) is 72.0 Å². The molecule has 6 rings (SSSR count). The van der Waals surface area contributed by atoms with E-state index in [2.05, 4.69) is 46.9 Å². The Bertz CT molecular complexity index is 1220. The molecular weight excluding hydrogens is 422 g/mol. The molecule has 8 nitrogen and oxygen atoms in total. The molecular formula is C23H25N7OS. The number of methoxy groups -OCH3 is 1. The lowest BCUT2D eigenvalue weighted by molar-refractivity contribution is 0.247. The summed E-state index contributed by atoms with van der Waals surface area (Å²) in [4.78, 5) is 14.3. The van der Waals surface area contributed by atoms with E-state index in [4.69, 9.17) is 9.72 Å². The summed E-state index contributed by atoms with van der Waals surface area (Å²) in [5.74, 6) is 3.46. The molecule has 4 heterocycles. The summed E-state index contributed by atoms with van der Waals surface area (Å²) in [6.45, 7) is 4.67. The van der Waals surface area contributed by atoms with Crippen molar-refractivity contribution in [3.8, 4) is 16.3 Å². The fraction of sp³-hybridized carbons (Fsp3) is 0.391. The monoisotopic (exact) mass is 447 g/mol. The number of nitrogens with zero attached hydrogens (tertiary/aromatic N) is 7. The zero-order chi connectivity index (χ0) is 21.5. The van der Waals surface area contributed by atoms with Crippen LogP contribution in [0.5, 0.6) is 5.75 Å². The van der Waals surface area contributed by atoms with Gasteiger partial charge in [0.25, 0.3) is 0 Å². The molecule has 2 fully saturated rings. The van der Waals surface area contributed by atoms with Gasteiger partial charge in [-0.3, -0.25) is 9.30 Å². The average molecular weight is 448 g/mol. The molecule has 1 saturated carbocycles. The highest BCUT2D eigenvalue weighted by Crippen LogP contribution is 2.39. The van der Waals surface area contributed by atoms with Crippen LogP contribution in [0.4, 0.5) is 5.82 Å². The molecule has 164 valence electrons. The minimum Gasteiger partial charge on any atom is -0.497 e. The molecule has 0 unspecified atom stereocenters. The minimum absolute atomic E-state index is 0.568. The average Bonchev–Trinajstić information content (AvgIpc) is 3.42. The van der Waals surface area contributed by atoms with Crippen LogP contribution >= 0.6 is 11.3 Å². The maximum absolute atomic E-state index is 5.25. The topological polar surface area (TPSA) is 71.7 Å². The number of aromatic nitrogens is 5. The van der Waals surface area contributed by atoms with Crippen molar-refractivity contribution < 1.29 is 4.74 Å². The third kappa shape index (κ3) is 3.71. The van der Waals surface area contributed by atoms with Gasteiger partial charge in [-0.05, 0) is 37.1 Å². The number of ether oxygens (including phenoxy) is 1. The largest absolute Gasteiger partial charge is 0.497 e. The van der Waals surface area contributed by atoms with Gasteiger partial charge in [0.05, 0.1) is 12.8 Å². The van der Waals surface area contributed by atoms with E-state index in [9.17, 15) is 0 Å². The Morgan fingerprint density at radius 3 is 2.62 bits per heavy atom. The predicted octanol–water partition coefficient (Wildman–Crippen LogP) is 3.46. The Labute approximate surface area is 190 Å². The number of anilines is 1. The number of piperazine rings is 1. The van der Waals surface area contributed by atoms with E-state index >= 15 is 0 Å². The van der Waals surface area contributed by atoms with E-state index in [1.807, 2.05) is 24.5 Å². The van der Waals surface area contributed by atoms with Gasteiger partial charge in [0.1, 0.15) is 16.6 Å². The molecule has 32 heavy (non-hydrogen) atoms. The molecule has 2 aliphatic rings. The van der Waals surface area contributed by atoms with Crippen LogP contribution in [0, 0.1) is 0 Å². The van der Waals surface area contributed by atoms with Gasteiger partial charge in [-0.2, -0.15) is 0 Å². The fourth-order valence-corrected chi connectivity index (χ4v) is 5.08. The van der Waals surface area contributed by atoms with Crippen LogP contribution < -0.4 is 9.64 Å². The van der Waals surface area contributed by atoms with Crippen molar-refractivity contribution >= 4 is 22.8 Å². The van der Waals surface area contributed by atoms with E-state index in [1.54, 1.807) is 18.4 Å². The molecule has 0 radical (unpaired) electrons. The second-order valence-electron chi connectivity index (χ2n) is 8.41. The number of benzene rings is 1. The molecule has 9 heteroatoms. The Morgan fingerprint density at radius 2 is 1.88 bits per heavy atom. The first-order valence-corrected chi connectivity index (χ1v) is 11.9. The number of rotatable bonds is 6. The van der Waals surface area contributed by atoms with Gasteiger partial charge in [-0.15, -0.1) is 21.5 Å². The van der Waals surface area contributed by atoms with Crippen LogP contribution in [0.25, 0.3) is 16.2 Å². The lowest BCUT2D eigenvalue weighted by Crippen LogP contribution is -2.46. The van der Waals surface area contributed by atoms with Crippen molar-refractivity contribution in [3.63, 3.8) is 0 Å². The lowest BCUT2D eigenvalue weighted by atomic mass is 10.2. The normalized spacial score (nSPS) is 17.2. The molecule has 0 amide bonds. The molecule has 1 aromatic carbocycles. The maximum atomic E-state index is 5.25. The Kier molecular flexibility index (Phi) is 4.99. The first-order valence-electron chi connectivity index (χ1n) is 11.0. The highest BCUT2D eigenvalue weighted by atomic mass is 32.1. The molecule has 0 spiro atoms. The third-order valence-electron chi connectivity index (χ3n) is 6.22. The van der Waals surface area contributed by atoms with Crippen molar-refractivity contribution in [2.24, 2.45) is 0 Å². The predicted molar refractivity (Wildman–Crippen MR) is 124 cm³/mol. The SMILES string of the molecule is COc1ccc(-c2nc(CN3CCN(c4nccn5c(C6CC6)nnc45)CC3)cs2)cc1. The smallest absolute Gasteiger partial charge is 0.203 e. The van der Waals surface area contributed by atoms with E-state index in [-0.39, 0.29) is 0 Å². The molecule has 0 atom stereocenters. The summed E-state index contributed by atoms with van der Waals surface area (Å²) in [6.07, 6.45) is 6.30. The van der Waals surface area contributed by atoms with Crippen molar-refractivity contribution in [2.45, 2.75) is 25.3 Å². The molecule has 4 aromatic rings. The van der Waals surface area contributed by atoms with Crippen LogP contribution in [0.1, 0.15) is 30.3 Å². The lowest BCUT2D eigenvalue weighted by Gasteiger charge is -2.34. The molecule has 0 bridgehead atoms. The zero-order valence-corrected chi connectivity index (χ0v) is 18.8. The Hall–Kier alpha value is -3.04. The highest BCUT2D eigenvalue weighted by molar-refractivity contribution is 7.13. The minimum atomic E-state index is 0.568. The molecule has 1 saturated heterocycles. The molecule has 3 aromatic heterocycles. The molecule has 1 aliphatic heterocycles. The van der Waals surface area contributed by atoms with Crippen LogP contribution in [-0.2, 0) is 6.54 Å². The van der Waals surface area contributed by atoms with Crippen molar-refractivity contribution in [1.82, 2.24) is 29.5 Å². The third-order valence-corrected chi connectivity index (χ3v) is 7.16.